The summed E-state index contributed by atoms with van der Waals surface area (Å²) in [6.07, 6.45) is 1.00. The van der Waals surface area contributed by atoms with E-state index in [4.69, 9.17) is 9.47 Å². The minimum atomic E-state index is -0.602. The molecule has 0 aliphatic rings. The minimum absolute atomic E-state index is 0.328. The van der Waals surface area contributed by atoms with E-state index < -0.39 is 23.7 Å². The lowest BCUT2D eigenvalue weighted by atomic mass is 9.99. The Hall–Kier alpha value is -1.26. The Kier molecular flexibility index (Phi) is 6.87. The van der Waals surface area contributed by atoms with Crippen molar-refractivity contribution >= 4 is 12.1 Å². The van der Waals surface area contributed by atoms with Gasteiger partial charge in [0.05, 0.1) is 7.11 Å². The molecular weight excluding hydrogens is 246 g/mol. The highest BCUT2D eigenvalue weighted by Crippen LogP contribution is 2.18. The lowest BCUT2D eigenvalue weighted by molar-refractivity contribution is -0.147. The molecule has 1 amide bonds. The van der Waals surface area contributed by atoms with Gasteiger partial charge in [-0.1, -0.05) is 20.3 Å². The summed E-state index contributed by atoms with van der Waals surface area (Å²) in [4.78, 5) is 25.1. The van der Waals surface area contributed by atoms with Gasteiger partial charge in [-0.05, 0) is 33.1 Å². The SMILES string of the molecule is CC[C@@H](C)C[C@@H](C(=O)OC)N(C)C(=O)OC(C)(C)C. The van der Waals surface area contributed by atoms with Crippen LogP contribution in [-0.2, 0) is 14.3 Å². The fourth-order valence-corrected chi connectivity index (χ4v) is 1.56. The van der Waals surface area contributed by atoms with Gasteiger partial charge in [-0.3, -0.25) is 4.90 Å². The van der Waals surface area contributed by atoms with E-state index >= 15 is 0 Å². The van der Waals surface area contributed by atoms with Crippen LogP contribution >= 0.6 is 0 Å². The molecule has 0 aromatic heterocycles. The maximum atomic E-state index is 12.0. The highest BCUT2D eigenvalue weighted by molar-refractivity contribution is 5.81. The van der Waals surface area contributed by atoms with Crippen molar-refractivity contribution in [1.82, 2.24) is 4.90 Å². The van der Waals surface area contributed by atoms with Crippen molar-refractivity contribution in [3.05, 3.63) is 0 Å². The summed E-state index contributed by atoms with van der Waals surface area (Å²) in [6.45, 7) is 9.47. The molecule has 5 nitrogen and oxygen atoms in total. The lowest BCUT2D eigenvalue weighted by Crippen LogP contribution is -2.46. The molecule has 0 spiro atoms. The molecule has 0 saturated carbocycles. The Morgan fingerprint density at radius 2 is 1.79 bits per heavy atom. The zero-order chi connectivity index (χ0) is 15.2. The number of hydrogen-bond donors (Lipinski definition) is 0. The summed E-state index contributed by atoms with van der Waals surface area (Å²) in [5.74, 6) is -0.0809. The van der Waals surface area contributed by atoms with Crippen molar-refractivity contribution in [2.75, 3.05) is 14.2 Å². The average molecular weight is 273 g/mol. The van der Waals surface area contributed by atoms with Crippen LogP contribution in [0.5, 0.6) is 0 Å². The van der Waals surface area contributed by atoms with Crippen molar-refractivity contribution in [2.45, 2.75) is 59.1 Å². The normalized spacial score (nSPS) is 14.5. The third kappa shape index (κ3) is 6.45. The van der Waals surface area contributed by atoms with Crippen LogP contribution in [0.4, 0.5) is 4.79 Å². The van der Waals surface area contributed by atoms with Gasteiger partial charge < -0.3 is 9.47 Å². The van der Waals surface area contributed by atoms with Crippen LogP contribution in [0.25, 0.3) is 0 Å². The van der Waals surface area contributed by atoms with E-state index in [9.17, 15) is 9.59 Å². The first-order chi connectivity index (χ1) is 8.62. The summed E-state index contributed by atoms with van der Waals surface area (Å²) in [6, 6.07) is -0.602. The van der Waals surface area contributed by atoms with Crippen LogP contribution in [0.15, 0.2) is 0 Å². The third-order valence-corrected chi connectivity index (χ3v) is 2.94. The molecule has 0 unspecified atom stereocenters. The van der Waals surface area contributed by atoms with Crippen LogP contribution in [0.3, 0.4) is 0 Å². The number of rotatable bonds is 5. The van der Waals surface area contributed by atoms with Crippen LogP contribution in [-0.4, -0.2) is 42.8 Å². The first-order valence-corrected chi connectivity index (χ1v) is 6.66. The van der Waals surface area contributed by atoms with Crippen molar-refractivity contribution in [3.8, 4) is 0 Å². The fraction of sp³-hybridized carbons (Fsp3) is 0.857. The van der Waals surface area contributed by atoms with Crippen molar-refractivity contribution in [2.24, 2.45) is 5.92 Å². The second kappa shape index (κ2) is 7.36. The van der Waals surface area contributed by atoms with E-state index in [0.717, 1.165) is 6.42 Å². The number of esters is 1. The second-order valence-corrected chi connectivity index (χ2v) is 5.88. The summed E-state index contributed by atoms with van der Waals surface area (Å²) in [5, 5.41) is 0. The Balaban J connectivity index is 4.84. The van der Waals surface area contributed by atoms with E-state index in [2.05, 4.69) is 0 Å². The standard InChI is InChI=1S/C14H27NO4/c1-8-10(2)9-11(12(16)18-7)15(6)13(17)19-14(3,4)5/h10-11H,8-9H2,1-7H3/t10-,11+/m1/s1. The molecule has 0 bridgehead atoms. The van der Waals surface area contributed by atoms with Gasteiger partial charge in [0.1, 0.15) is 11.6 Å². The largest absolute Gasteiger partial charge is 0.467 e. The van der Waals surface area contributed by atoms with E-state index in [-0.39, 0.29) is 0 Å². The minimum Gasteiger partial charge on any atom is -0.467 e. The van der Waals surface area contributed by atoms with Crippen LogP contribution < -0.4 is 0 Å². The van der Waals surface area contributed by atoms with Gasteiger partial charge in [-0.25, -0.2) is 9.59 Å². The maximum Gasteiger partial charge on any atom is 0.410 e. The molecule has 2 atom stereocenters. The number of ether oxygens (including phenoxy) is 2. The van der Waals surface area contributed by atoms with Gasteiger partial charge in [0.15, 0.2) is 0 Å². The smallest absolute Gasteiger partial charge is 0.410 e. The number of carbonyl (C=O) groups is 2. The average Bonchev–Trinajstić information content (AvgIpc) is 2.31. The molecule has 0 heterocycles. The molecule has 0 radical (unpaired) electrons. The molecule has 0 aliphatic carbocycles. The van der Waals surface area contributed by atoms with Crippen LogP contribution in [0.1, 0.15) is 47.5 Å². The van der Waals surface area contributed by atoms with Gasteiger partial charge in [-0.2, -0.15) is 0 Å². The predicted molar refractivity (Wildman–Crippen MR) is 73.9 cm³/mol. The number of likely N-dealkylation sites (N-methyl/N-ethyl adjacent to an activating group) is 1. The Bertz CT molecular complexity index is 309. The molecule has 0 aromatic carbocycles. The molecule has 19 heavy (non-hydrogen) atoms. The van der Waals surface area contributed by atoms with Crippen LogP contribution in [0, 0.1) is 5.92 Å². The Morgan fingerprint density at radius 1 is 1.26 bits per heavy atom. The number of amides is 1. The molecule has 5 heteroatoms. The molecule has 0 aromatic rings. The first kappa shape index (κ1) is 17.7. The number of carbonyl (C=O) groups excluding carboxylic acids is 2. The van der Waals surface area contributed by atoms with E-state index in [0.29, 0.717) is 12.3 Å². The third-order valence-electron chi connectivity index (χ3n) is 2.94. The predicted octanol–water partition coefficient (Wildman–Crippen LogP) is 2.83. The van der Waals surface area contributed by atoms with Crippen molar-refractivity contribution in [1.29, 1.82) is 0 Å². The Labute approximate surface area is 116 Å². The summed E-state index contributed by atoms with van der Waals surface area (Å²) < 4.78 is 10.0. The molecule has 0 N–H and O–H groups in total. The summed E-state index contributed by atoms with van der Waals surface area (Å²) in [7, 11) is 2.90. The molecule has 0 rings (SSSR count). The second-order valence-electron chi connectivity index (χ2n) is 5.88. The van der Waals surface area contributed by atoms with E-state index in [1.165, 1.54) is 12.0 Å². The highest BCUT2D eigenvalue weighted by atomic mass is 16.6. The molecule has 112 valence electrons. The molecule has 0 aliphatic heterocycles. The lowest BCUT2D eigenvalue weighted by Gasteiger charge is -2.30. The zero-order valence-corrected chi connectivity index (χ0v) is 13.1. The van der Waals surface area contributed by atoms with Crippen LogP contribution in [0.2, 0.25) is 0 Å². The Morgan fingerprint density at radius 3 is 2.16 bits per heavy atom. The molecule has 0 fully saturated rings. The van der Waals surface area contributed by atoms with Gasteiger partial charge >= 0.3 is 12.1 Å². The first-order valence-electron chi connectivity index (χ1n) is 6.66. The molecule has 0 saturated heterocycles. The van der Waals surface area contributed by atoms with Crippen molar-refractivity contribution < 1.29 is 19.1 Å². The maximum absolute atomic E-state index is 12.0. The van der Waals surface area contributed by atoms with E-state index in [1.54, 1.807) is 27.8 Å². The highest BCUT2D eigenvalue weighted by Gasteiger charge is 2.31. The monoisotopic (exact) mass is 273 g/mol. The topological polar surface area (TPSA) is 55.8 Å². The van der Waals surface area contributed by atoms with Gasteiger partial charge in [0.2, 0.25) is 0 Å². The van der Waals surface area contributed by atoms with Crippen molar-refractivity contribution in [3.63, 3.8) is 0 Å². The summed E-state index contributed by atoms with van der Waals surface area (Å²) in [5.41, 5.74) is -0.581. The number of methoxy groups -OCH3 is 1. The van der Waals surface area contributed by atoms with Gasteiger partial charge in [0.25, 0.3) is 0 Å². The van der Waals surface area contributed by atoms with Gasteiger partial charge in [-0.15, -0.1) is 0 Å². The summed E-state index contributed by atoms with van der Waals surface area (Å²) >= 11 is 0. The quantitative estimate of drug-likeness (QED) is 0.723. The van der Waals surface area contributed by atoms with E-state index in [1.807, 2.05) is 13.8 Å². The zero-order valence-electron chi connectivity index (χ0n) is 13.1. The molecular formula is C14H27NO4. The number of hydrogen-bond acceptors (Lipinski definition) is 4. The fourth-order valence-electron chi connectivity index (χ4n) is 1.56. The van der Waals surface area contributed by atoms with Gasteiger partial charge in [0, 0.05) is 7.05 Å². The number of nitrogens with zero attached hydrogens (tertiary/aromatic N) is 1.